The summed E-state index contributed by atoms with van der Waals surface area (Å²) in [7, 11) is 0. The second-order valence-electron chi connectivity index (χ2n) is 3.95. The van der Waals surface area contributed by atoms with E-state index >= 15 is 0 Å². The molecule has 0 saturated carbocycles. The highest BCUT2D eigenvalue weighted by atomic mass is 35.5. The van der Waals surface area contributed by atoms with Crippen molar-refractivity contribution in [1.29, 1.82) is 0 Å². The maximum atomic E-state index is 13.0. The minimum Gasteiger partial charge on any atom is -0.378 e. The second kappa shape index (κ2) is 5.63. The average Bonchev–Trinajstić information content (AvgIpc) is 2.75. The molecule has 1 aromatic carbocycles. The average molecular weight is 287 g/mol. The first-order chi connectivity index (χ1) is 8.60. The zero-order valence-corrected chi connectivity index (χ0v) is 11.4. The molecule has 18 heavy (non-hydrogen) atoms. The van der Waals surface area contributed by atoms with E-state index in [2.05, 4.69) is 16.8 Å². The van der Waals surface area contributed by atoms with Gasteiger partial charge >= 0.3 is 0 Å². The highest BCUT2D eigenvalue weighted by Gasteiger charge is 2.08. The number of benzene rings is 1. The van der Waals surface area contributed by atoms with Crippen LogP contribution in [0.5, 0.6) is 0 Å². The zero-order valence-electron chi connectivity index (χ0n) is 9.88. The van der Waals surface area contributed by atoms with Crippen LogP contribution < -0.4 is 5.32 Å². The maximum Gasteiger partial charge on any atom is 0.126 e. The van der Waals surface area contributed by atoms with E-state index in [0.717, 1.165) is 12.1 Å². The summed E-state index contributed by atoms with van der Waals surface area (Å²) in [4.78, 5) is 0. The topological polar surface area (TPSA) is 17.0 Å². The lowest BCUT2D eigenvalue weighted by Crippen LogP contribution is -2.00. The van der Waals surface area contributed by atoms with Gasteiger partial charge in [-0.3, -0.25) is 0 Å². The number of nitrogens with one attached hydrogen (secondary N) is 1. The Labute approximate surface area is 115 Å². The van der Waals surface area contributed by atoms with Crippen molar-refractivity contribution in [3.8, 4) is 0 Å². The van der Waals surface area contributed by atoms with Crippen LogP contribution in [0.4, 0.5) is 10.1 Å². The Morgan fingerprint density at radius 2 is 1.94 bits per heavy atom. The maximum absolute atomic E-state index is 13.0. The van der Waals surface area contributed by atoms with Crippen LogP contribution in [0, 0.1) is 5.82 Å². The van der Waals surface area contributed by atoms with Crippen molar-refractivity contribution in [1.82, 2.24) is 4.57 Å². The van der Waals surface area contributed by atoms with Gasteiger partial charge in [-0.05, 0) is 30.7 Å². The molecule has 96 valence electrons. The van der Waals surface area contributed by atoms with E-state index in [1.165, 1.54) is 12.1 Å². The normalized spacial score (nSPS) is 10.7. The third-order valence-electron chi connectivity index (χ3n) is 2.65. The molecule has 2 rings (SSSR count). The fourth-order valence-corrected chi connectivity index (χ4v) is 2.29. The summed E-state index contributed by atoms with van der Waals surface area (Å²) in [6.07, 6.45) is 4.04. The molecule has 0 amide bonds. The van der Waals surface area contributed by atoms with Crippen molar-refractivity contribution in [3.63, 3.8) is 0 Å². The van der Waals surface area contributed by atoms with Crippen LogP contribution in [-0.4, -0.2) is 4.57 Å². The number of hydrogen-bond acceptors (Lipinski definition) is 1. The number of anilines is 1. The summed E-state index contributed by atoms with van der Waals surface area (Å²) >= 11 is 11.9. The van der Waals surface area contributed by atoms with Crippen LogP contribution >= 0.6 is 23.2 Å². The quantitative estimate of drug-likeness (QED) is 0.871. The molecule has 1 heterocycles. The van der Waals surface area contributed by atoms with Gasteiger partial charge in [0.15, 0.2) is 0 Å². The summed E-state index contributed by atoms with van der Waals surface area (Å²) < 4.78 is 15.1. The molecule has 0 aliphatic rings. The molecule has 1 N–H and O–H groups in total. The van der Waals surface area contributed by atoms with Crippen LogP contribution in [-0.2, 0) is 13.1 Å². The Balaban J connectivity index is 2.10. The highest BCUT2D eigenvalue weighted by molar-refractivity contribution is 6.39. The number of hydrogen-bond donors (Lipinski definition) is 1. The fraction of sp³-hybridized carbons (Fsp3) is 0.231. The zero-order chi connectivity index (χ0) is 13.1. The summed E-state index contributed by atoms with van der Waals surface area (Å²) in [5.74, 6) is -0.437. The summed E-state index contributed by atoms with van der Waals surface area (Å²) in [5.41, 5.74) is 1.68. The van der Waals surface area contributed by atoms with Gasteiger partial charge in [-0.2, -0.15) is 0 Å². The van der Waals surface area contributed by atoms with Crippen LogP contribution in [0.15, 0.2) is 30.6 Å². The third kappa shape index (κ3) is 2.98. The second-order valence-corrected chi connectivity index (χ2v) is 4.76. The van der Waals surface area contributed by atoms with E-state index in [-0.39, 0.29) is 10.0 Å². The molecule has 0 unspecified atom stereocenters. The molecule has 0 fully saturated rings. The lowest BCUT2D eigenvalue weighted by Gasteiger charge is -2.09. The highest BCUT2D eigenvalue weighted by Crippen LogP contribution is 2.31. The summed E-state index contributed by atoms with van der Waals surface area (Å²) in [5, 5.41) is 3.69. The Kier molecular flexibility index (Phi) is 4.15. The molecule has 2 nitrogen and oxygen atoms in total. The van der Waals surface area contributed by atoms with Crippen LogP contribution in [0.25, 0.3) is 0 Å². The van der Waals surface area contributed by atoms with E-state index in [4.69, 9.17) is 23.2 Å². The largest absolute Gasteiger partial charge is 0.378 e. The summed E-state index contributed by atoms with van der Waals surface area (Å²) in [6, 6.07) is 4.50. The Morgan fingerprint density at radius 3 is 2.50 bits per heavy atom. The minimum absolute atomic E-state index is 0.287. The standard InChI is InChI=1S/C13H13Cl2FN2/c1-2-18-4-3-9(8-18)7-17-13-11(14)5-10(16)6-12(13)15/h3-6,8,17H,2,7H2,1H3. The molecule has 1 aromatic heterocycles. The molecule has 0 aliphatic carbocycles. The van der Waals surface area contributed by atoms with E-state index in [1.807, 2.05) is 18.5 Å². The Hall–Kier alpha value is -1.19. The van der Waals surface area contributed by atoms with Crippen molar-refractivity contribution >= 4 is 28.9 Å². The van der Waals surface area contributed by atoms with Gasteiger partial charge in [0, 0.05) is 25.5 Å². The van der Waals surface area contributed by atoms with Gasteiger partial charge in [0.25, 0.3) is 0 Å². The van der Waals surface area contributed by atoms with Gasteiger partial charge in [0.05, 0.1) is 15.7 Å². The van der Waals surface area contributed by atoms with E-state index in [9.17, 15) is 4.39 Å². The number of aromatic nitrogens is 1. The molecular weight excluding hydrogens is 274 g/mol. The van der Waals surface area contributed by atoms with Crippen molar-refractivity contribution in [2.45, 2.75) is 20.0 Å². The summed E-state index contributed by atoms with van der Waals surface area (Å²) in [6.45, 7) is 3.60. The van der Waals surface area contributed by atoms with E-state index in [0.29, 0.717) is 12.2 Å². The van der Waals surface area contributed by atoms with Crippen LogP contribution in [0.1, 0.15) is 12.5 Å². The minimum atomic E-state index is -0.437. The third-order valence-corrected chi connectivity index (χ3v) is 3.25. The number of halogens is 3. The Bertz CT molecular complexity index is 529. The van der Waals surface area contributed by atoms with Gasteiger partial charge in [-0.25, -0.2) is 4.39 Å². The van der Waals surface area contributed by atoms with Gasteiger partial charge in [0.2, 0.25) is 0 Å². The lowest BCUT2D eigenvalue weighted by atomic mass is 10.3. The molecule has 0 aliphatic heterocycles. The molecule has 0 spiro atoms. The van der Waals surface area contributed by atoms with Crippen LogP contribution in [0.3, 0.4) is 0 Å². The monoisotopic (exact) mass is 286 g/mol. The van der Waals surface area contributed by atoms with Crippen molar-refractivity contribution in [2.24, 2.45) is 0 Å². The molecule has 0 bridgehead atoms. The predicted octanol–water partition coefficient (Wildman–Crippen LogP) is 4.57. The van der Waals surface area contributed by atoms with Crippen molar-refractivity contribution < 1.29 is 4.39 Å². The van der Waals surface area contributed by atoms with Gasteiger partial charge in [-0.1, -0.05) is 23.2 Å². The van der Waals surface area contributed by atoms with Crippen molar-refractivity contribution in [3.05, 3.63) is 52.0 Å². The van der Waals surface area contributed by atoms with Crippen LogP contribution in [0.2, 0.25) is 10.0 Å². The van der Waals surface area contributed by atoms with Gasteiger partial charge in [0.1, 0.15) is 5.82 Å². The Morgan fingerprint density at radius 1 is 1.28 bits per heavy atom. The molecule has 5 heteroatoms. The molecule has 0 saturated heterocycles. The first kappa shape index (κ1) is 13.2. The smallest absolute Gasteiger partial charge is 0.126 e. The SMILES string of the molecule is CCn1ccc(CNc2c(Cl)cc(F)cc2Cl)c1. The predicted molar refractivity (Wildman–Crippen MR) is 73.9 cm³/mol. The van der Waals surface area contributed by atoms with Gasteiger partial charge in [-0.15, -0.1) is 0 Å². The van der Waals surface area contributed by atoms with E-state index in [1.54, 1.807) is 0 Å². The number of aryl methyl sites for hydroxylation is 1. The fourth-order valence-electron chi connectivity index (χ4n) is 1.69. The lowest BCUT2D eigenvalue weighted by molar-refractivity contribution is 0.628. The first-order valence-corrected chi connectivity index (χ1v) is 6.39. The number of rotatable bonds is 4. The molecule has 2 aromatic rings. The van der Waals surface area contributed by atoms with E-state index < -0.39 is 5.82 Å². The van der Waals surface area contributed by atoms with Gasteiger partial charge < -0.3 is 9.88 Å². The number of nitrogens with zero attached hydrogens (tertiary/aromatic N) is 1. The molecule has 0 atom stereocenters. The molecular formula is C13H13Cl2FN2. The molecule has 0 radical (unpaired) electrons. The first-order valence-electron chi connectivity index (χ1n) is 5.63. The van der Waals surface area contributed by atoms with Crippen molar-refractivity contribution in [2.75, 3.05) is 5.32 Å².